The van der Waals surface area contributed by atoms with Crippen LogP contribution < -0.4 is 5.69 Å². The second-order valence-electron chi connectivity index (χ2n) is 10.2. The zero-order chi connectivity index (χ0) is 28.8. The summed E-state index contributed by atoms with van der Waals surface area (Å²) in [5.41, 5.74) is 3.24. The van der Waals surface area contributed by atoms with Crippen LogP contribution in [0, 0.1) is 0 Å². The van der Waals surface area contributed by atoms with Gasteiger partial charge in [-0.3, -0.25) is 14.0 Å². The van der Waals surface area contributed by atoms with Crippen LogP contribution in [0.2, 0.25) is 0 Å². The molecule has 41 heavy (non-hydrogen) atoms. The summed E-state index contributed by atoms with van der Waals surface area (Å²) in [5.74, 6) is -1.44. The second-order valence-corrected chi connectivity index (χ2v) is 10.2. The van der Waals surface area contributed by atoms with Gasteiger partial charge in [-0.1, -0.05) is 24.3 Å². The topological polar surface area (TPSA) is 143 Å². The van der Waals surface area contributed by atoms with Crippen LogP contribution >= 0.6 is 0 Å². The lowest BCUT2D eigenvalue weighted by Crippen LogP contribution is -2.29. The van der Waals surface area contributed by atoms with Crippen LogP contribution in [0.25, 0.3) is 27.8 Å². The molecule has 11 nitrogen and oxygen atoms in total. The summed E-state index contributed by atoms with van der Waals surface area (Å²) in [4.78, 5) is 42.9. The van der Waals surface area contributed by atoms with Crippen molar-refractivity contribution < 1.29 is 24.9 Å². The molecule has 3 aromatic carbocycles. The molecule has 1 fully saturated rings. The number of hydrogen-bond acceptors (Lipinski definition) is 6. The van der Waals surface area contributed by atoms with E-state index in [0.29, 0.717) is 41.2 Å². The first kappa shape index (κ1) is 26.1. The van der Waals surface area contributed by atoms with Gasteiger partial charge in [0.25, 0.3) is 0 Å². The van der Waals surface area contributed by atoms with E-state index in [-0.39, 0.29) is 28.7 Å². The van der Waals surface area contributed by atoms with Gasteiger partial charge in [0, 0.05) is 31.8 Å². The smallest absolute Gasteiger partial charge is 0.354 e. The maximum absolute atomic E-state index is 13.9. The van der Waals surface area contributed by atoms with E-state index in [1.54, 1.807) is 51.1 Å². The molecule has 0 aliphatic carbocycles. The van der Waals surface area contributed by atoms with Crippen molar-refractivity contribution >= 4 is 23.0 Å². The van der Waals surface area contributed by atoms with Crippen molar-refractivity contribution in [1.29, 1.82) is 0 Å². The first-order valence-electron chi connectivity index (χ1n) is 13.1. The highest BCUT2D eigenvalue weighted by Crippen LogP contribution is 2.33. The fraction of sp³-hybridized carbons (Fsp3) is 0.200. The Hall–Kier alpha value is -5.16. The predicted octanol–water partition coefficient (Wildman–Crippen LogP) is 3.74. The molecule has 5 aromatic rings. The van der Waals surface area contributed by atoms with E-state index in [1.165, 1.54) is 18.3 Å². The Bertz CT molecular complexity index is 1870. The molecule has 1 atom stereocenters. The quantitative estimate of drug-likeness (QED) is 0.277. The Kier molecular flexibility index (Phi) is 6.43. The van der Waals surface area contributed by atoms with Crippen molar-refractivity contribution in [2.75, 3.05) is 13.1 Å². The molecule has 11 heteroatoms. The number of phenols is 1. The van der Waals surface area contributed by atoms with E-state index in [2.05, 4.69) is 9.88 Å². The first-order valence-corrected chi connectivity index (χ1v) is 13.1. The maximum atomic E-state index is 13.9. The van der Waals surface area contributed by atoms with Crippen LogP contribution in [-0.4, -0.2) is 63.9 Å². The van der Waals surface area contributed by atoms with Crippen molar-refractivity contribution in [2.24, 2.45) is 7.05 Å². The molecule has 208 valence electrons. The van der Waals surface area contributed by atoms with E-state index < -0.39 is 11.9 Å². The summed E-state index contributed by atoms with van der Waals surface area (Å²) in [5, 5.41) is 29.4. The van der Waals surface area contributed by atoms with Gasteiger partial charge in [0.2, 0.25) is 0 Å². The van der Waals surface area contributed by atoms with Gasteiger partial charge >= 0.3 is 17.6 Å². The van der Waals surface area contributed by atoms with E-state index in [4.69, 9.17) is 5.11 Å². The zero-order valence-corrected chi connectivity index (χ0v) is 22.1. The van der Waals surface area contributed by atoms with Crippen LogP contribution in [0.3, 0.4) is 0 Å². The average Bonchev–Trinajstić information content (AvgIpc) is 3.64. The summed E-state index contributed by atoms with van der Waals surface area (Å²) in [6.45, 7) is 1.79. The number of aromatic nitrogens is 4. The number of likely N-dealkylation sites (tertiary alicyclic amines) is 1. The van der Waals surface area contributed by atoms with Gasteiger partial charge in [0.05, 0.1) is 41.1 Å². The molecular formula is C30H27N5O6. The Balaban J connectivity index is 1.32. The Morgan fingerprint density at radius 3 is 2.37 bits per heavy atom. The van der Waals surface area contributed by atoms with Crippen molar-refractivity contribution in [3.8, 4) is 22.6 Å². The first-order chi connectivity index (χ1) is 19.7. The largest absolute Gasteiger partial charge is 0.507 e. The highest BCUT2D eigenvalue weighted by Gasteiger charge is 2.29. The summed E-state index contributed by atoms with van der Waals surface area (Å²) in [6.07, 6.45) is 2.09. The van der Waals surface area contributed by atoms with Crippen molar-refractivity contribution in [2.45, 2.75) is 19.0 Å². The highest BCUT2D eigenvalue weighted by molar-refractivity contribution is 5.88. The van der Waals surface area contributed by atoms with E-state index in [1.807, 2.05) is 24.3 Å². The second kappa shape index (κ2) is 10.1. The highest BCUT2D eigenvalue weighted by atomic mass is 16.4. The molecule has 6 rings (SSSR count). The summed E-state index contributed by atoms with van der Waals surface area (Å²) >= 11 is 0. The van der Waals surface area contributed by atoms with Crippen LogP contribution in [-0.2, 0) is 13.6 Å². The fourth-order valence-corrected chi connectivity index (χ4v) is 5.63. The number of aromatic hydroxyl groups is 1. The van der Waals surface area contributed by atoms with Crippen LogP contribution in [0.4, 0.5) is 0 Å². The van der Waals surface area contributed by atoms with Crippen LogP contribution in [0.1, 0.15) is 39.1 Å². The number of rotatable bonds is 7. The lowest BCUT2D eigenvalue weighted by molar-refractivity contribution is 0.0679. The predicted molar refractivity (Wildman–Crippen MR) is 151 cm³/mol. The summed E-state index contributed by atoms with van der Waals surface area (Å²) in [7, 11) is 1.68. The molecule has 0 radical (unpaired) electrons. The third-order valence-corrected chi connectivity index (χ3v) is 7.74. The fourth-order valence-electron chi connectivity index (χ4n) is 5.63. The molecule has 0 amide bonds. The zero-order valence-electron chi connectivity index (χ0n) is 22.1. The molecule has 1 aliphatic rings. The molecule has 3 N–H and O–H groups in total. The summed E-state index contributed by atoms with van der Waals surface area (Å²) < 4.78 is 4.96. The SMILES string of the molecule is Cn1c(C(=O)O)cnc1CN1CC[C@H](n2c(=O)n(-c3ccc(-c4ccc(C(=O)O)cc4)c(O)c3)c3ccccc32)C1. The molecule has 2 aromatic heterocycles. The molecule has 1 saturated heterocycles. The van der Waals surface area contributed by atoms with Crippen molar-refractivity contribution in [1.82, 2.24) is 23.6 Å². The molecule has 0 saturated carbocycles. The number of carbonyl (C=O) groups is 2. The third-order valence-electron chi connectivity index (χ3n) is 7.74. The minimum Gasteiger partial charge on any atom is -0.507 e. The monoisotopic (exact) mass is 553 g/mol. The van der Waals surface area contributed by atoms with Gasteiger partial charge in [0.15, 0.2) is 0 Å². The normalized spacial score (nSPS) is 15.5. The number of phenolic OH excluding ortho intramolecular Hbond substituents is 1. The molecule has 1 aliphatic heterocycles. The number of carboxylic acid groups (broad SMARTS) is 2. The van der Waals surface area contributed by atoms with E-state index in [9.17, 15) is 24.6 Å². The van der Waals surface area contributed by atoms with E-state index in [0.717, 1.165) is 18.5 Å². The van der Waals surface area contributed by atoms with Gasteiger partial charge in [-0.05, 0) is 48.4 Å². The number of carboxylic acids is 2. The van der Waals surface area contributed by atoms with Gasteiger partial charge in [-0.15, -0.1) is 0 Å². The molecule has 0 unspecified atom stereocenters. The average molecular weight is 554 g/mol. The van der Waals surface area contributed by atoms with Crippen molar-refractivity contribution in [3.63, 3.8) is 0 Å². The Morgan fingerprint density at radius 2 is 1.71 bits per heavy atom. The van der Waals surface area contributed by atoms with E-state index >= 15 is 0 Å². The number of hydrogen-bond donors (Lipinski definition) is 3. The molecule has 0 spiro atoms. The number of para-hydroxylation sites is 2. The van der Waals surface area contributed by atoms with Crippen LogP contribution in [0.15, 0.2) is 77.7 Å². The van der Waals surface area contributed by atoms with Gasteiger partial charge in [-0.25, -0.2) is 19.4 Å². The maximum Gasteiger partial charge on any atom is 0.354 e. The number of nitrogens with zero attached hydrogens (tertiary/aromatic N) is 5. The standard InChI is InChI=1S/C30H27N5O6/c1-32-25(29(39)40)15-31-27(32)17-33-13-12-21(16-33)35-24-5-3-2-4-23(24)34(30(35)41)20-10-11-22(26(36)14-20)18-6-8-19(9-7-18)28(37)38/h2-11,14-15,21,36H,12-13,16-17H2,1H3,(H,37,38)(H,39,40)/t21-/m0/s1. The summed E-state index contributed by atoms with van der Waals surface area (Å²) in [6, 6.07) is 18.7. The van der Waals surface area contributed by atoms with Crippen molar-refractivity contribution in [3.05, 3.63) is 100 Å². The lowest BCUT2D eigenvalue weighted by Gasteiger charge is -2.16. The number of benzene rings is 3. The number of imidazole rings is 2. The molecule has 3 heterocycles. The number of aromatic carboxylic acids is 2. The molecular weight excluding hydrogens is 526 g/mol. The lowest BCUT2D eigenvalue weighted by atomic mass is 10.0. The number of fused-ring (bicyclic) bond motifs is 1. The van der Waals surface area contributed by atoms with Gasteiger partial charge < -0.3 is 19.9 Å². The Labute approximate surface area is 233 Å². The Morgan fingerprint density at radius 1 is 0.976 bits per heavy atom. The third kappa shape index (κ3) is 4.55. The van der Waals surface area contributed by atoms with Gasteiger partial charge in [-0.2, -0.15) is 0 Å². The van der Waals surface area contributed by atoms with Gasteiger partial charge in [0.1, 0.15) is 17.3 Å². The minimum atomic E-state index is -1.03. The van der Waals surface area contributed by atoms with Crippen LogP contribution in [0.5, 0.6) is 5.75 Å². The molecule has 0 bridgehead atoms. The minimum absolute atomic E-state index is 0.0304.